The van der Waals surface area contributed by atoms with Gasteiger partial charge >= 0.3 is 0 Å². The van der Waals surface area contributed by atoms with Gasteiger partial charge in [-0.25, -0.2) is 0 Å². The van der Waals surface area contributed by atoms with Gasteiger partial charge in [-0.05, 0) is 22.2 Å². The number of hydrogen-bond donors (Lipinski definition) is 1. The molecule has 0 amide bonds. The molecule has 0 heterocycles. The molecule has 0 saturated heterocycles. The fraction of sp³-hybridized carbons (Fsp3) is 0. The molecular weight excluding hydrogens is 127 g/mol. The van der Waals surface area contributed by atoms with E-state index in [1.807, 2.05) is 0 Å². The van der Waals surface area contributed by atoms with Gasteiger partial charge in [-0.15, -0.1) is 11.7 Å². The van der Waals surface area contributed by atoms with Crippen LogP contribution in [0.2, 0.25) is 0 Å². The lowest BCUT2D eigenvalue weighted by molar-refractivity contribution is 5.80. The summed E-state index contributed by atoms with van der Waals surface area (Å²) in [5, 5.41) is 0. The van der Waals surface area contributed by atoms with E-state index in [-0.39, 0.29) is 0 Å². The van der Waals surface area contributed by atoms with E-state index >= 15 is 0 Å². The van der Waals surface area contributed by atoms with Gasteiger partial charge in [0, 0.05) is 0 Å². The Kier molecular flexibility index (Phi) is 5.51. The SMILES string of the molecule is S=PSS. The summed E-state index contributed by atoms with van der Waals surface area (Å²) in [6.45, 7) is 0.863. The van der Waals surface area contributed by atoms with Crippen LogP contribution in [0.1, 0.15) is 0 Å². The normalized spacial score (nSPS) is 8.25. The van der Waals surface area contributed by atoms with Crippen molar-refractivity contribution in [1.82, 2.24) is 0 Å². The molecule has 4 heavy (non-hydrogen) atoms. The molecular formula is HPS3. The number of thiol groups is 1. The Morgan fingerprint density at radius 2 is 2.25 bits per heavy atom. The molecule has 0 unspecified atom stereocenters. The minimum atomic E-state index is 0.863. The van der Waals surface area contributed by atoms with Crippen LogP contribution in [0.15, 0.2) is 0 Å². The highest BCUT2D eigenvalue weighted by molar-refractivity contribution is 8.93. The van der Waals surface area contributed by atoms with Crippen LogP contribution < -0.4 is 0 Å². The first-order valence-electron chi connectivity index (χ1n) is 0.548. The molecule has 0 spiro atoms. The molecule has 24 valence electrons. The molecule has 0 aliphatic heterocycles. The molecule has 0 aliphatic carbocycles. The highest BCUT2D eigenvalue weighted by Crippen LogP contribution is 2.20. The van der Waals surface area contributed by atoms with E-state index < -0.39 is 0 Å². The van der Waals surface area contributed by atoms with Gasteiger partial charge in [0.2, 0.25) is 0 Å². The molecule has 4 heteroatoms. The molecule has 0 N–H and O–H groups in total. The fourth-order valence-electron chi connectivity index (χ4n) is 0. The summed E-state index contributed by atoms with van der Waals surface area (Å²) in [6.07, 6.45) is 0. The zero-order valence-electron chi connectivity index (χ0n) is 1.71. The van der Waals surface area contributed by atoms with Crippen molar-refractivity contribution in [1.29, 1.82) is 0 Å². The minimum absolute atomic E-state index is 0.863. The van der Waals surface area contributed by atoms with E-state index in [1.54, 1.807) is 0 Å². The maximum absolute atomic E-state index is 4.41. The molecule has 0 aromatic carbocycles. The van der Waals surface area contributed by atoms with Gasteiger partial charge in [0.05, 0.1) is 6.56 Å². The Labute approximate surface area is 40.8 Å². The zero-order valence-corrected chi connectivity index (χ0v) is 5.13. The second-order valence-electron chi connectivity index (χ2n) is 0.156. The van der Waals surface area contributed by atoms with Crippen LogP contribution in [0, 0.1) is 0 Å². The summed E-state index contributed by atoms with van der Waals surface area (Å²) >= 11 is 8.13. The van der Waals surface area contributed by atoms with E-state index in [9.17, 15) is 0 Å². The lowest BCUT2D eigenvalue weighted by atomic mass is 30.1. The average molecular weight is 128 g/mol. The Morgan fingerprint density at radius 3 is 2.25 bits per heavy atom. The van der Waals surface area contributed by atoms with Crippen molar-refractivity contribution in [3.63, 3.8) is 0 Å². The zero-order chi connectivity index (χ0) is 3.41. The van der Waals surface area contributed by atoms with E-state index in [0.717, 1.165) is 6.56 Å². The highest BCUT2D eigenvalue weighted by atomic mass is 33.4. The fourth-order valence-corrected chi connectivity index (χ4v) is 0. The van der Waals surface area contributed by atoms with Crippen molar-refractivity contribution >= 4 is 40.4 Å². The van der Waals surface area contributed by atoms with Gasteiger partial charge in [0.25, 0.3) is 0 Å². The molecule has 0 aliphatic rings. The van der Waals surface area contributed by atoms with Gasteiger partial charge in [-0.1, -0.05) is 0 Å². The lowest BCUT2D eigenvalue weighted by Gasteiger charge is -1.53. The van der Waals surface area contributed by atoms with Crippen LogP contribution >= 0.6 is 28.6 Å². The second-order valence-corrected chi connectivity index (χ2v) is 4.22. The minimum Gasteiger partial charge on any atom is -0.101 e. The summed E-state index contributed by atoms with van der Waals surface area (Å²) in [6, 6.07) is 0. The van der Waals surface area contributed by atoms with Crippen LogP contribution in [0.3, 0.4) is 0 Å². The third-order valence-electron chi connectivity index (χ3n) is 0.0333. The summed E-state index contributed by atoms with van der Waals surface area (Å²) in [7, 11) is 1.34. The molecule has 0 aromatic heterocycles. The standard InChI is InChI=1S/HPS3/c2-1-4-3/h3H. The van der Waals surface area contributed by atoms with E-state index in [4.69, 9.17) is 0 Å². The molecule has 0 atom stereocenters. The number of hydrogen-bond acceptors (Lipinski definition) is 3. The van der Waals surface area contributed by atoms with Crippen molar-refractivity contribution in [3.8, 4) is 0 Å². The van der Waals surface area contributed by atoms with Gasteiger partial charge in [0.15, 0.2) is 0 Å². The Hall–Kier alpha value is 1.22. The van der Waals surface area contributed by atoms with Gasteiger partial charge < -0.3 is 0 Å². The smallest absolute Gasteiger partial charge is 0.0544 e. The van der Waals surface area contributed by atoms with Crippen molar-refractivity contribution in [2.45, 2.75) is 0 Å². The Morgan fingerprint density at radius 1 is 2.00 bits per heavy atom. The topological polar surface area (TPSA) is 0 Å². The largest absolute Gasteiger partial charge is 0.101 e. The van der Waals surface area contributed by atoms with Crippen molar-refractivity contribution in [3.05, 3.63) is 0 Å². The molecule has 0 aromatic rings. The lowest BCUT2D eigenvalue weighted by Crippen LogP contribution is -0.872. The van der Waals surface area contributed by atoms with Crippen LogP contribution in [0.25, 0.3) is 0 Å². The Balaban J connectivity index is 2.30. The predicted octanol–water partition coefficient (Wildman–Crippen LogP) is 1.89. The number of rotatable bonds is 1. The predicted molar refractivity (Wildman–Crippen MR) is 30.9 cm³/mol. The first-order valence-corrected chi connectivity index (χ1v) is 4.93. The molecule has 0 saturated carbocycles. The summed E-state index contributed by atoms with van der Waals surface area (Å²) in [5.41, 5.74) is 0. The van der Waals surface area contributed by atoms with Crippen molar-refractivity contribution < 1.29 is 0 Å². The third kappa shape index (κ3) is 3.22. The molecule has 0 rings (SSSR count). The van der Waals surface area contributed by atoms with Gasteiger partial charge in [-0.2, -0.15) is 0 Å². The van der Waals surface area contributed by atoms with E-state index in [2.05, 4.69) is 23.5 Å². The first kappa shape index (κ1) is 5.22. The molecule has 0 radical (unpaired) electrons. The van der Waals surface area contributed by atoms with E-state index in [0.29, 0.717) is 0 Å². The van der Waals surface area contributed by atoms with Crippen molar-refractivity contribution in [2.75, 3.05) is 0 Å². The van der Waals surface area contributed by atoms with Gasteiger partial charge in [-0.3, -0.25) is 0 Å². The van der Waals surface area contributed by atoms with E-state index in [1.165, 1.54) is 10.4 Å². The monoisotopic (exact) mass is 128 g/mol. The van der Waals surface area contributed by atoms with Crippen LogP contribution in [-0.2, 0) is 11.8 Å². The average Bonchev–Trinajstić information content (AvgIpc) is 1.37. The Bertz CT molecular complexity index is 17.2. The molecule has 0 bridgehead atoms. The van der Waals surface area contributed by atoms with Gasteiger partial charge in [0.1, 0.15) is 0 Å². The maximum atomic E-state index is 4.41. The maximum Gasteiger partial charge on any atom is 0.0544 e. The summed E-state index contributed by atoms with van der Waals surface area (Å²) < 4.78 is 0. The third-order valence-corrected chi connectivity index (χ3v) is 2.70. The van der Waals surface area contributed by atoms with Crippen LogP contribution in [0.4, 0.5) is 0 Å². The summed E-state index contributed by atoms with van der Waals surface area (Å²) in [5.74, 6) is 0. The van der Waals surface area contributed by atoms with Crippen molar-refractivity contribution in [2.24, 2.45) is 0 Å². The summed E-state index contributed by atoms with van der Waals surface area (Å²) in [4.78, 5) is 0. The first-order chi connectivity index (χ1) is 1.91. The molecule has 0 fully saturated rings. The highest BCUT2D eigenvalue weighted by Gasteiger charge is 1.50. The molecule has 0 nitrogen and oxygen atoms in total. The van der Waals surface area contributed by atoms with Crippen LogP contribution in [-0.4, -0.2) is 0 Å². The van der Waals surface area contributed by atoms with Crippen LogP contribution in [0.5, 0.6) is 0 Å². The second kappa shape index (κ2) is 4.22. The quantitative estimate of drug-likeness (QED) is 0.325.